The van der Waals surface area contributed by atoms with Gasteiger partial charge in [0.05, 0.1) is 11.3 Å². The minimum absolute atomic E-state index is 0.249. The van der Waals surface area contributed by atoms with E-state index in [9.17, 15) is 18.0 Å². The fraction of sp³-hybridized carbons (Fsp3) is 0.259. The summed E-state index contributed by atoms with van der Waals surface area (Å²) in [5.74, 6) is 4.43. The molecule has 0 bridgehead atoms. The number of nitrogens with one attached hydrogen (secondary N) is 1. The van der Waals surface area contributed by atoms with Crippen molar-refractivity contribution in [1.29, 1.82) is 0 Å². The normalized spacial score (nSPS) is 17.0. The number of para-hydroxylation sites is 1. The van der Waals surface area contributed by atoms with Crippen molar-refractivity contribution >= 4 is 51.2 Å². The lowest BCUT2D eigenvalue weighted by Crippen LogP contribution is -2.44. The van der Waals surface area contributed by atoms with Crippen molar-refractivity contribution in [2.24, 2.45) is 0 Å². The van der Waals surface area contributed by atoms with Gasteiger partial charge < -0.3 is 10.2 Å². The van der Waals surface area contributed by atoms with E-state index in [2.05, 4.69) is 32.5 Å². The van der Waals surface area contributed by atoms with Crippen LogP contribution >= 0.6 is 22.3 Å². The molecule has 1 atom stereocenters. The van der Waals surface area contributed by atoms with Crippen LogP contribution in [0.5, 0.6) is 0 Å². The van der Waals surface area contributed by atoms with Crippen molar-refractivity contribution in [2.75, 3.05) is 47.8 Å². The molecule has 1 saturated heterocycles. The van der Waals surface area contributed by atoms with Crippen LogP contribution in [0, 0.1) is 0 Å². The number of alkyl halides is 3. The fourth-order valence-electron chi connectivity index (χ4n) is 4.75. The number of carbonyl (C=O) groups excluding carboxylic acids is 1. The molecule has 3 aromatic rings. The van der Waals surface area contributed by atoms with E-state index in [0.717, 1.165) is 53.4 Å². The van der Waals surface area contributed by atoms with Gasteiger partial charge in [-0.2, -0.15) is 13.2 Å². The summed E-state index contributed by atoms with van der Waals surface area (Å²) in [7, 11) is -0.368. The zero-order valence-corrected chi connectivity index (χ0v) is 21.5. The highest BCUT2D eigenvalue weighted by Gasteiger charge is 2.34. The monoisotopic (exact) mass is 546 g/mol. The Labute approximate surface area is 221 Å². The number of rotatable bonds is 4. The predicted molar refractivity (Wildman–Crippen MR) is 146 cm³/mol. The van der Waals surface area contributed by atoms with Crippen LogP contribution in [0.4, 0.5) is 35.0 Å². The van der Waals surface area contributed by atoms with Gasteiger partial charge in [0.2, 0.25) is 0 Å². The number of fused-ring (bicyclic) bond motifs is 1. The molecule has 5 rings (SSSR count). The number of halogens is 4. The standard InChI is InChI=1S/C27H26ClF3N4OS/c1-37(34-15-13-33(14-16-34)21-6-4-5-20(28)18-21)22-9-10-25-19(17-22)11-12-35(25)26(36)32-24-8-3-2-7-23(24)27(29,30)31/h2-10,17-18H,1,11-16H2,(H,32,36). The maximum atomic E-state index is 13.3. The van der Waals surface area contributed by atoms with Gasteiger partial charge in [0.1, 0.15) is 0 Å². The zero-order valence-electron chi connectivity index (χ0n) is 20.0. The van der Waals surface area contributed by atoms with Gasteiger partial charge in [0.25, 0.3) is 0 Å². The average Bonchev–Trinajstić information content (AvgIpc) is 3.31. The number of urea groups is 1. The van der Waals surface area contributed by atoms with Crippen molar-refractivity contribution in [2.45, 2.75) is 17.5 Å². The third kappa shape index (κ3) is 5.49. The highest BCUT2D eigenvalue weighted by atomic mass is 35.5. The maximum absolute atomic E-state index is 13.3. The summed E-state index contributed by atoms with van der Waals surface area (Å²) in [4.78, 5) is 17.8. The van der Waals surface area contributed by atoms with Gasteiger partial charge in [0.15, 0.2) is 0 Å². The van der Waals surface area contributed by atoms with Gasteiger partial charge in [-0.05, 0) is 60.5 Å². The molecule has 0 spiro atoms. The Morgan fingerprint density at radius 3 is 2.43 bits per heavy atom. The summed E-state index contributed by atoms with van der Waals surface area (Å²) >= 11 is 6.15. The SMILES string of the molecule is C=S(c1ccc2c(c1)CCN2C(=O)Nc1ccccc1C(F)(F)F)N1CCN(c2cccc(Cl)c2)CC1. The smallest absolute Gasteiger partial charge is 0.369 e. The third-order valence-corrected chi connectivity index (χ3v) is 8.68. The second-order valence-corrected chi connectivity index (χ2v) is 11.1. The minimum atomic E-state index is -4.55. The van der Waals surface area contributed by atoms with Crippen LogP contribution in [0.15, 0.2) is 71.6 Å². The molecule has 0 saturated carbocycles. The number of piperazine rings is 1. The minimum Gasteiger partial charge on any atom is -0.369 e. The van der Waals surface area contributed by atoms with E-state index >= 15 is 0 Å². The third-order valence-electron chi connectivity index (χ3n) is 6.66. The molecule has 0 aromatic heterocycles. The van der Waals surface area contributed by atoms with Crippen LogP contribution < -0.4 is 15.1 Å². The van der Waals surface area contributed by atoms with Crippen LogP contribution in [0.2, 0.25) is 5.02 Å². The lowest BCUT2D eigenvalue weighted by Gasteiger charge is -2.37. The molecule has 194 valence electrons. The Morgan fingerprint density at radius 1 is 0.946 bits per heavy atom. The van der Waals surface area contributed by atoms with Gasteiger partial charge in [0, 0.05) is 54.0 Å². The van der Waals surface area contributed by atoms with Crippen molar-refractivity contribution in [1.82, 2.24) is 4.31 Å². The first-order chi connectivity index (χ1) is 17.7. The summed E-state index contributed by atoms with van der Waals surface area (Å²) in [6, 6.07) is 18.2. The maximum Gasteiger partial charge on any atom is 0.418 e. The summed E-state index contributed by atoms with van der Waals surface area (Å²) in [6.45, 7) is 3.88. The second kappa shape index (κ2) is 10.4. The molecular formula is C27H26ClF3N4OS. The largest absolute Gasteiger partial charge is 0.418 e. The number of amides is 2. The lowest BCUT2D eigenvalue weighted by atomic mass is 10.1. The molecule has 2 aliphatic rings. The fourth-order valence-corrected chi connectivity index (χ4v) is 6.34. The molecule has 2 amide bonds. The van der Waals surface area contributed by atoms with Crippen LogP contribution in [0.3, 0.4) is 0 Å². The molecular weight excluding hydrogens is 521 g/mol. The quantitative estimate of drug-likeness (QED) is 0.368. The van der Waals surface area contributed by atoms with Crippen molar-refractivity contribution in [3.63, 3.8) is 0 Å². The number of benzene rings is 3. The number of nitrogens with zero attached hydrogens (tertiary/aromatic N) is 3. The average molecular weight is 547 g/mol. The lowest BCUT2D eigenvalue weighted by molar-refractivity contribution is -0.136. The number of anilines is 3. The van der Waals surface area contributed by atoms with Gasteiger partial charge in [-0.25, -0.2) is 9.10 Å². The van der Waals surface area contributed by atoms with E-state index < -0.39 is 17.8 Å². The molecule has 0 radical (unpaired) electrons. The van der Waals surface area contributed by atoms with Crippen molar-refractivity contribution in [3.05, 3.63) is 82.9 Å². The number of hydrogen-bond donors (Lipinski definition) is 1. The van der Waals surface area contributed by atoms with Crippen LogP contribution in [-0.4, -0.2) is 48.9 Å². The Hall–Kier alpha value is -3.01. The van der Waals surface area contributed by atoms with E-state index in [4.69, 9.17) is 11.6 Å². The molecule has 5 nitrogen and oxygen atoms in total. The molecule has 1 unspecified atom stereocenters. The van der Waals surface area contributed by atoms with Crippen LogP contribution in [-0.2, 0) is 12.6 Å². The van der Waals surface area contributed by atoms with E-state index in [-0.39, 0.29) is 16.4 Å². The summed E-state index contributed by atoms with van der Waals surface area (Å²) in [5, 5.41) is 3.17. The summed E-state index contributed by atoms with van der Waals surface area (Å²) < 4.78 is 42.3. The highest BCUT2D eigenvalue weighted by molar-refractivity contribution is 8.12. The first kappa shape index (κ1) is 25.6. The first-order valence-corrected chi connectivity index (χ1v) is 13.6. The Balaban J connectivity index is 1.25. The molecule has 0 aliphatic carbocycles. The van der Waals surface area contributed by atoms with Crippen molar-refractivity contribution in [3.8, 4) is 0 Å². The zero-order chi connectivity index (χ0) is 26.2. The molecule has 1 N–H and O–H groups in total. The van der Waals surface area contributed by atoms with Gasteiger partial charge in [-0.3, -0.25) is 4.90 Å². The van der Waals surface area contributed by atoms with E-state index in [0.29, 0.717) is 18.7 Å². The first-order valence-electron chi connectivity index (χ1n) is 11.9. The Morgan fingerprint density at radius 2 is 1.70 bits per heavy atom. The molecule has 37 heavy (non-hydrogen) atoms. The summed E-state index contributed by atoms with van der Waals surface area (Å²) in [6.07, 6.45) is -3.91. The van der Waals surface area contributed by atoms with Gasteiger partial charge >= 0.3 is 12.2 Å². The number of carbonyl (C=O) groups is 1. The Bertz CT molecular complexity index is 1340. The van der Waals surface area contributed by atoms with E-state index in [1.807, 2.05) is 30.3 Å². The topological polar surface area (TPSA) is 38.8 Å². The van der Waals surface area contributed by atoms with Crippen LogP contribution in [0.25, 0.3) is 0 Å². The predicted octanol–water partition coefficient (Wildman–Crippen LogP) is 6.75. The van der Waals surface area contributed by atoms with Gasteiger partial charge in [-0.15, -0.1) is 0 Å². The molecule has 2 aliphatic heterocycles. The van der Waals surface area contributed by atoms with Gasteiger partial charge in [-0.1, -0.05) is 46.3 Å². The summed E-state index contributed by atoms with van der Waals surface area (Å²) in [5.41, 5.74) is 1.71. The van der Waals surface area contributed by atoms with Crippen LogP contribution in [0.1, 0.15) is 11.1 Å². The molecule has 2 heterocycles. The Kier molecular flexibility index (Phi) is 7.20. The molecule has 1 fully saturated rings. The molecule has 3 aromatic carbocycles. The van der Waals surface area contributed by atoms with E-state index in [1.54, 1.807) is 0 Å². The second-order valence-electron chi connectivity index (χ2n) is 8.93. The number of hydrogen-bond acceptors (Lipinski definition) is 3. The molecule has 10 heteroatoms. The van der Waals surface area contributed by atoms with E-state index in [1.165, 1.54) is 23.1 Å². The van der Waals surface area contributed by atoms with Crippen molar-refractivity contribution < 1.29 is 18.0 Å². The highest BCUT2D eigenvalue weighted by Crippen LogP contribution is 2.38.